The average Bonchev–Trinajstić information content (AvgIpc) is 2.83. The first-order chi connectivity index (χ1) is 8.58. The summed E-state index contributed by atoms with van der Waals surface area (Å²) in [5.74, 6) is -3.55. The topological polar surface area (TPSA) is 64.9 Å². The first-order valence-corrected chi connectivity index (χ1v) is 6.05. The molecule has 0 aliphatic heterocycles. The highest BCUT2D eigenvalue weighted by molar-refractivity contribution is 7.98. The molecule has 2 N–H and O–H groups in total. The van der Waals surface area contributed by atoms with Gasteiger partial charge in [0.05, 0.1) is 17.0 Å². The van der Waals surface area contributed by atoms with Crippen LogP contribution >= 0.6 is 11.8 Å². The lowest BCUT2D eigenvalue weighted by atomic mass is 10.2. The highest BCUT2D eigenvalue weighted by atomic mass is 32.2. The maximum absolute atomic E-state index is 13.7. The van der Waals surface area contributed by atoms with Crippen molar-refractivity contribution in [2.45, 2.75) is 11.4 Å². The third kappa shape index (κ3) is 2.08. The number of nitrogens with two attached hydrogens (primary N) is 1. The lowest BCUT2D eigenvalue weighted by molar-refractivity contribution is 0.380. The molecule has 96 valence electrons. The molecule has 8 heteroatoms. The fourth-order valence-corrected chi connectivity index (χ4v) is 1.90. The van der Waals surface area contributed by atoms with Crippen LogP contribution in [0.3, 0.4) is 0 Å². The maximum Gasteiger partial charge on any atom is 0.240 e. The molecule has 0 fully saturated rings. The summed E-state index contributed by atoms with van der Waals surface area (Å²) >= 11 is 0.776. The Morgan fingerprint density at radius 2 is 2.06 bits per heavy atom. The van der Waals surface area contributed by atoms with E-state index in [1.807, 2.05) is 0 Å². The van der Waals surface area contributed by atoms with Gasteiger partial charge >= 0.3 is 0 Å². The molecule has 0 saturated heterocycles. The van der Waals surface area contributed by atoms with Crippen LogP contribution in [0.5, 0.6) is 0 Å². The number of rotatable bonds is 3. The van der Waals surface area contributed by atoms with Crippen molar-refractivity contribution in [3.8, 4) is 11.4 Å². The lowest BCUT2D eigenvalue weighted by Crippen LogP contribution is -1.99. The third-order valence-corrected chi connectivity index (χ3v) is 2.99. The second kappa shape index (κ2) is 4.99. The fraction of sp³-hybridized carbons (Fsp3) is 0.200. The number of nitrogens with zero attached hydrogens (tertiary/aromatic N) is 2. The smallest absolute Gasteiger partial charge is 0.240 e. The Kier molecular flexibility index (Phi) is 3.58. The van der Waals surface area contributed by atoms with E-state index in [2.05, 4.69) is 14.7 Å². The predicted octanol–water partition coefficient (Wildman–Crippen LogP) is 2.33. The second-order valence-corrected chi connectivity index (χ2v) is 4.10. The molecule has 0 aliphatic carbocycles. The monoisotopic (exact) mass is 275 g/mol. The number of thioether (sulfide) groups is 1. The van der Waals surface area contributed by atoms with Crippen LogP contribution in [-0.4, -0.2) is 16.4 Å². The van der Waals surface area contributed by atoms with Gasteiger partial charge in [0.2, 0.25) is 11.7 Å². The SMILES string of the molecule is CSc1c(F)cc(-c2noc(CN)n2)c(F)c1F. The van der Waals surface area contributed by atoms with Gasteiger partial charge in [0.25, 0.3) is 0 Å². The predicted molar refractivity (Wildman–Crippen MR) is 59.3 cm³/mol. The van der Waals surface area contributed by atoms with Gasteiger partial charge in [-0.15, -0.1) is 11.8 Å². The second-order valence-electron chi connectivity index (χ2n) is 3.28. The van der Waals surface area contributed by atoms with Gasteiger partial charge in [-0.05, 0) is 12.3 Å². The zero-order valence-electron chi connectivity index (χ0n) is 9.21. The molecule has 18 heavy (non-hydrogen) atoms. The molecule has 0 unspecified atom stereocenters. The standard InChI is InChI=1S/C10H8F3N3OS/c1-18-9-5(11)2-4(7(12)8(9)13)10-15-6(3-14)17-16-10/h2H,3,14H2,1H3. The van der Waals surface area contributed by atoms with Gasteiger partial charge in [-0.1, -0.05) is 5.16 Å². The number of hydrogen-bond donors (Lipinski definition) is 1. The molecule has 1 heterocycles. The number of benzene rings is 1. The Morgan fingerprint density at radius 3 is 2.61 bits per heavy atom. The Balaban J connectivity index is 2.58. The third-order valence-electron chi connectivity index (χ3n) is 2.20. The van der Waals surface area contributed by atoms with E-state index in [9.17, 15) is 13.2 Å². The number of halogens is 3. The quantitative estimate of drug-likeness (QED) is 0.688. The largest absolute Gasteiger partial charge is 0.338 e. The zero-order chi connectivity index (χ0) is 13.3. The normalized spacial score (nSPS) is 10.9. The van der Waals surface area contributed by atoms with Gasteiger partial charge < -0.3 is 10.3 Å². The van der Waals surface area contributed by atoms with Gasteiger partial charge in [0, 0.05) is 0 Å². The molecule has 2 rings (SSSR count). The molecule has 1 aromatic carbocycles. The first kappa shape index (κ1) is 12.9. The molecule has 0 atom stereocenters. The average molecular weight is 275 g/mol. The molecule has 0 radical (unpaired) electrons. The summed E-state index contributed by atoms with van der Waals surface area (Å²) in [6.07, 6.45) is 1.45. The summed E-state index contributed by atoms with van der Waals surface area (Å²) < 4.78 is 45.5. The fourth-order valence-electron chi connectivity index (χ4n) is 1.38. The summed E-state index contributed by atoms with van der Waals surface area (Å²) in [5.41, 5.74) is 4.85. The van der Waals surface area contributed by atoms with Gasteiger partial charge in [0.15, 0.2) is 11.6 Å². The minimum atomic E-state index is -1.27. The van der Waals surface area contributed by atoms with E-state index in [1.165, 1.54) is 6.26 Å². The van der Waals surface area contributed by atoms with Crippen molar-refractivity contribution < 1.29 is 17.7 Å². The van der Waals surface area contributed by atoms with Crippen LogP contribution in [0.2, 0.25) is 0 Å². The number of aromatic nitrogens is 2. The molecule has 0 spiro atoms. The van der Waals surface area contributed by atoms with Gasteiger partial charge in [0.1, 0.15) is 5.82 Å². The van der Waals surface area contributed by atoms with Crippen LogP contribution in [0, 0.1) is 17.5 Å². The molecule has 0 saturated carbocycles. The summed E-state index contributed by atoms with van der Waals surface area (Å²) in [6.45, 7) is -0.0392. The van der Waals surface area contributed by atoms with Gasteiger partial charge in [-0.2, -0.15) is 4.98 Å². The summed E-state index contributed by atoms with van der Waals surface area (Å²) in [7, 11) is 0. The molecule has 1 aromatic heterocycles. The van der Waals surface area contributed by atoms with Crippen molar-refractivity contribution in [3.05, 3.63) is 29.4 Å². The van der Waals surface area contributed by atoms with Crippen LogP contribution < -0.4 is 5.73 Å². The summed E-state index contributed by atoms with van der Waals surface area (Å²) in [6, 6.07) is 0.829. The highest BCUT2D eigenvalue weighted by Crippen LogP contribution is 2.31. The van der Waals surface area contributed by atoms with E-state index in [-0.39, 0.29) is 18.3 Å². The maximum atomic E-state index is 13.7. The van der Waals surface area contributed by atoms with Gasteiger partial charge in [-0.3, -0.25) is 0 Å². The first-order valence-electron chi connectivity index (χ1n) is 4.83. The molecule has 0 aliphatic rings. The minimum Gasteiger partial charge on any atom is -0.338 e. The highest BCUT2D eigenvalue weighted by Gasteiger charge is 2.22. The van der Waals surface area contributed by atoms with Crippen LogP contribution in [0.15, 0.2) is 15.5 Å². The summed E-state index contributed by atoms with van der Waals surface area (Å²) in [4.78, 5) is 3.32. The molecular formula is C10H8F3N3OS. The van der Waals surface area contributed by atoms with Crippen molar-refractivity contribution in [3.63, 3.8) is 0 Å². The van der Waals surface area contributed by atoms with E-state index in [1.54, 1.807) is 0 Å². The van der Waals surface area contributed by atoms with Crippen molar-refractivity contribution in [1.82, 2.24) is 10.1 Å². The van der Waals surface area contributed by atoms with Crippen molar-refractivity contribution in [2.24, 2.45) is 5.73 Å². The molecule has 2 aromatic rings. The molecule has 0 bridgehead atoms. The lowest BCUT2D eigenvalue weighted by Gasteiger charge is -2.05. The Bertz CT molecular complexity index is 588. The van der Waals surface area contributed by atoms with Crippen molar-refractivity contribution >= 4 is 11.8 Å². The van der Waals surface area contributed by atoms with E-state index in [4.69, 9.17) is 5.73 Å². The Labute approximate surface area is 104 Å². The zero-order valence-corrected chi connectivity index (χ0v) is 10.0. The Hall–Kier alpha value is -1.54. The van der Waals surface area contributed by atoms with Crippen LogP contribution in [0.1, 0.15) is 5.89 Å². The van der Waals surface area contributed by atoms with E-state index in [0.717, 1.165) is 17.8 Å². The molecule has 0 amide bonds. The minimum absolute atomic E-state index is 0.0392. The van der Waals surface area contributed by atoms with Crippen LogP contribution in [-0.2, 0) is 6.54 Å². The van der Waals surface area contributed by atoms with E-state index >= 15 is 0 Å². The Morgan fingerprint density at radius 1 is 1.33 bits per heavy atom. The summed E-state index contributed by atoms with van der Waals surface area (Å²) in [5, 5.41) is 3.41. The van der Waals surface area contributed by atoms with E-state index < -0.39 is 27.9 Å². The molecule has 4 nitrogen and oxygen atoms in total. The van der Waals surface area contributed by atoms with Crippen molar-refractivity contribution in [1.29, 1.82) is 0 Å². The molecular weight excluding hydrogens is 267 g/mol. The number of hydrogen-bond acceptors (Lipinski definition) is 5. The van der Waals surface area contributed by atoms with E-state index in [0.29, 0.717) is 0 Å². The van der Waals surface area contributed by atoms with Crippen LogP contribution in [0.25, 0.3) is 11.4 Å². The van der Waals surface area contributed by atoms with Crippen molar-refractivity contribution in [2.75, 3.05) is 6.26 Å². The van der Waals surface area contributed by atoms with Crippen LogP contribution in [0.4, 0.5) is 13.2 Å². The van der Waals surface area contributed by atoms with Gasteiger partial charge in [-0.25, -0.2) is 13.2 Å².